The average Bonchev–Trinajstić information content (AvgIpc) is 3.41. The number of carbonyl (C=O) groups is 1. The van der Waals surface area contributed by atoms with Crippen LogP contribution in [0, 0.1) is 0 Å². The quantitative estimate of drug-likeness (QED) is 0.133. The highest BCUT2D eigenvalue weighted by Crippen LogP contribution is 2.45. The zero-order chi connectivity index (χ0) is 31.6. The van der Waals surface area contributed by atoms with Gasteiger partial charge in [0.2, 0.25) is 5.90 Å². The van der Waals surface area contributed by atoms with Crippen molar-refractivity contribution in [1.82, 2.24) is 10.9 Å². The topological polar surface area (TPSA) is 126 Å². The van der Waals surface area contributed by atoms with Gasteiger partial charge in [-0.1, -0.05) is 67.2 Å². The van der Waals surface area contributed by atoms with Gasteiger partial charge in [0.15, 0.2) is 21.5 Å². The Balaban J connectivity index is 1.75. The van der Waals surface area contributed by atoms with Crippen molar-refractivity contribution in [3.05, 3.63) is 94.0 Å². The minimum Gasteiger partial charge on any atom is -0.494 e. The Kier molecular flexibility index (Phi) is 12.1. The van der Waals surface area contributed by atoms with E-state index in [4.69, 9.17) is 42.8 Å². The number of hydrogen-bond acceptors (Lipinski definition) is 8. The molecule has 2 atom stereocenters. The fourth-order valence-electron chi connectivity index (χ4n) is 4.81. The first-order valence-corrected chi connectivity index (χ1v) is 17.0. The van der Waals surface area contributed by atoms with Crippen LogP contribution >= 0.6 is 23.2 Å². The van der Waals surface area contributed by atoms with E-state index in [1.165, 1.54) is 12.1 Å². The van der Waals surface area contributed by atoms with Gasteiger partial charge < -0.3 is 14.6 Å². The van der Waals surface area contributed by atoms with Crippen LogP contribution in [0.5, 0.6) is 5.75 Å². The van der Waals surface area contributed by atoms with E-state index >= 15 is 0 Å². The Morgan fingerprint density at radius 3 is 2.48 bits per heavy atom. The fourth-order valence-corrected chi connectivity index (χ4v) is 6.71. The van der Waals surface area contributed by atoms with Crippen LogP contribution in [-0.4, -0.2) is 56.4 Å². The second-order valence-electron chi connectivity index (χ2n) is 10.4. The van der Waals surface area contributed by atoms with Crippen molar-refractivity contribution >= 4 is 44.8 Å². The number of ether oxygens (including phenoxy) is 2. The van der Waals surface area contributed by atoms with Crippen molar-refractivity contribution in [2.24, 2.45) is 4.99 Å². The van der Waals surface area contributed by atoms with E-state index in [-0.39, 0.29) is 34.6 Å². The molecular formula is C32H37Cl2N3O6S. The number of hydrogen-bond donors (Lipinski definition) is 3. The number of unbranched alkanes of at least 4 members (excludes halogenated alkanes) is 2. The van der Waals surface area contributed by atoms with Crippen molar-refractivity contribution in [3.63, 3.8) is 0 Å². The maximum Gasteiger partial charge on any atom is 0.266 e. The molecule has 9 nitrogen and oxygen atoms in total. The number of rotatable bonds is 16. The van der Waals surface area contributed by atoms with Crippen LogP contribution in [0.25, 0.3) is 0 Å². The summed E-state index contributed by atoms with van der Waals surface area (Å²) in [4.78, 5) is 19.1. The van der Waals surface area contributed by atoms with E-state index in [1.54, 1.807) is 60.7 Å². The minimum atomic E-state index is -3.79. The maximum atomic E-state index is 14.1. The standard InChI is InChI=1S/C32H37Cl2N3O6S/c1-2-3-7-18-35-37-31(39)32(17-21-44(40,41)26-9-5-4-6-10-26)29(27-16-13-24(33)22-28(27)34)43-30(36-32)23-11-14-25(15-12-23)42-20-8-19-38/h4-6,9-16,22,29,35,38H,2-3,7-8,17-21H2,1H3,(H,37,39)/t29-,32-/m0/s1. The molecule has 3 N–H and O–H groups in total. The van der Waals surface area contributed by atoms with Gasteiger partial charge in [-0.2, -0.15) is 0 Å². The Morgan fingerprint density at radius 2 is 1.80 bits per heavy atom. The molecule has 3 aromatic carbocycles. The SMILES string of the molecule is CCCCCNNC(=O)[C@@]1(CCS(=O)(=O)c2ccccc2)N=C(c2ccc(OCCCO)cc2)O[C@H]1c1ccc(Cl)cc1Cl. The third kappa shape index (κ3) is 8.31. The summed E-state index contributed by atoms with van der Waals surface area (Å²) in [6.45, 7) is 2.99. The zero-order valence-corrected chi connectivity index (χ0v) is 26.8. The van der Waals surface area contributed by atoms with Crippen LogP contribution in [0.4, 0.5) is 0 Å². The van der Waals surface area contributed by atoms with Gasteiger partial charge in [0.05, 0.1) is 17.3 Å². The van der Waals surface area contributed by atoms with Gasteiger partial charge in [-0.25, -0.2) is 18.8 Å². The third-order valence-electron chi connectivity index (χ3n) is 7.24. The van der Waals surface area contributed by atoms with Crippen molar-refractivity contribution in [2.75, 3.05) is 25.5 Å². The molecule has 0 fully saturated rings. The van der Waals surface area contributed by atoms with Crippen molar-refractivity contribution < 1.29 is 27.8 Å². The number of sulfone groups is 1. The number of nitrogens with zero attached hydrogens (tertiary/aromatic N) is 1. The second-order valence-corrected chi connectivity index (χ2v) is 13.4. The lowest BCUT2D eigenvalue weighted by atomic mass is 9.85. The number of hydrazine groups is 1. The number of benzene rings is 3. The van der Waals surface area contributed by atoms with Crippen molar-refractivity contribution in [1.29, 1.82) is 0 Å². The van der Waals surface area contributed by atoms with E-state index in [0.29, 0.717) is 41.5 Å². The molecule has 0 bridgehead atoms. The highest BCUT2D eigenvalue weighted by molar-refractivity contribution is 7.91. The molecule has 0 aliphatic carbocycles. The largest absolute Gasteiger partial charge is 0.494 e. The molecule has 4 rings (SSSR count). The van der Waals surface area contributed by atoms with Gasteiger partial charge >= 0.3 is 0 Å². The first-order chi connectivity index (χ1) is 21.2. The zero-order valence-electron chi connectivity index (χ0n) is 24.5. The first-order valence-electron chi connectivity index (χ1n) is 14.6. The van der Waals surface area contributed by atoms with Crippen molar-refractivity contribution in [3.8, 4) is 5.75 Å². The van der Waals surface area contributed by atoms with Crippen LogP contribution < -0.4 is 15.6 Å². The molecule has 0 saturated heterocycles. The molecule has 0 radical (unpaired) electrons. The molecule has 1 amide bonds. The average molecular weight is 663 g/mol. The summed E-state index contributed by atoms with van der Waals surface area (Å²) in [5.74, 6) is -0.180. The van der Waals surface area contributed by atoms with E-state index in [2.05, 4.69) is 17.8 Å². The number of aliphatic imine (C=N–C) groups is 1. The summed E-state index contributed by atoms with van der Waals surface area (Å²) in [7, 11) is -3.79. The lowest BCUT2D eigenvalue weighted by molar-refractivity contribution is -0.130. The van der Waals surface area contributed by atoms with Crippen LogP contribution in [-0.2, 0) is 19.4 Å². The van der Waals surface area contributed by atoms with Gasteiger partial charge in [-0.15, -0.1) is 0 Å². The Labute approximate surface area is 268 Å². The van der Waals surface area contributed by atoms with E-state index in [9.17, 15) is 13.2 Å². The second kappa shape index (κ2) is 15.7. The van der Waals surface area contributed by atoms with Gasteiger partial charge in [0, 0.05) is 47.2 Å². The number of halogens is 2. The van der Waals surface area contributed by atoms with Crippen LogP contribution in [0.3, 0.4) is 0 Å². The maximum absolute atomic E-state index is 14.1. The smallest absolute Gasteiger partial charge is 0.266 e. The van der Waals surface area contributed by atoms with Gasteiger partial charge in [-0.05, 0) is 55.0 Å². The highest BCUT2D eigenvalue weighted by atomic mass is 35.5. The molecule has 0 saturated carbocycles. The van der Waals surface area contributed by atoms with Gasteiger partial charge in [0.25, 0.3) is 5.91 Å². The van der Waals surface area contributed by atoms with Crippen LogP contribution in [0.2, 0.25) is 10.0 Å². The van der Waals surface area contributed by atoms with Crippen molar-refractivity contribution in [2.45, 2.75) is 55.6 Å². The summed E-state index contributed by atoms with van der Waals surface area (Å²) in [6.07, 6.45) is 2.08. The molecule has 1 heterocycles. The summed E-state index contributed by atoms with van der Waals surface area (Å²) >= 11 is 12.8. The first kappa shape index (κ1) is 33.7. The molecule has 1 aliphatic heterocycles. The predicted octanol–water partition coefficient (Wildman–Crippen LogP) is 5.69. The molecule has 3 aromatic rings. The van der Waals surface area contributed by atoms with E-state index < -0.39 is 27.4 Å². The van der Waals surface area contributed by atoms with E-state index in [1.807, 2.05) is 0 Å². The summed E-state index contributed by atoms with van der Waals surface area (Å²) in [5, 5.41) is 9.68. The third-order valence-corrected chi connectivity index (χ3v) is 9.53. The Morgan fingerprint density at radius 1 is 1.05 bits per heavy atom. The lowest BCUT2D eigenvalue weighted by Gasteiger charge is -2.31. The summed E-state index contributed by atoms with van der Waals surface area (Å²) in [5.41, 5.74) is 5.03. The number of nitrogens with one attached hydrogen (secondary N) is 2. The van der Waals surface area contributed by atoms with Gasteiger partial charge in [0.1, 0.15) is 5.75 Å². The Bertz CT molecular complexity index is 1540. The highest BCUT2D eigenvalue weighted by Gasteiger charge is 2.54. The molecule has 0 unspecified atom stereocenters. The van der Waals surface area contributed by atoms with Gasteiger partial charge in [-0.3, -0.25) is 10.2 Å². The Hall–Kier alpha value is -3.15. The molecule has 1 aliphatic rings. The van der Waals surface area contributed by atoms with E-state index in [0.717, 1.165) is 19.3 Å². The molecular weight excluding hydrogens is 625 g/mol. The van der Waals surface area contributed by atoms with Crippen LogP contribution in [0.1, 0.15) is 56.3 Å². The molecule has 0 spiro atoms. The normalized spacial score (nSPS) is 18.0. The predicted molar refractivity (Wildman–Crippen MR) is 172 cm³/mol. The minimum absolute atomic E-state index is 0.0228. The molecule has 0 aromatic heterocycles. The molecule has 236 valence electrons. The number of aliphatic hydroxyl groups is 1. The number of aliphatic hydroxyl groups excluding tert-OH is 1. The molecule has 12 heteroatoms. The molecule has 44 heavy (non-hydrogen) atoms. The van der Waals surface area contributed by atoms with Crippen LogP contribution in [0.15, 0.2) is 82.7 Å². The number of carbonyl (C=O) groups excluding carboxylic acids is 1. The summed E-state index contributed by atoms with van der Waals surface area (Å²) in [6, 6.07) is 19.9. The fraction of sp³-hybridized carbons (Fsp3) is 0.375. The lowest BCUT2D eigenvalue weighted by Crippen LogP contribution is -2.53. The number of amides is 1. The summed E-state index contributed by atoms with van der Waals surface area (Å²) < 4.78 is 38.9. The monoisotopic (exact) mass is 661 g/mol.